The number of nitrogens with zero attached hydrogens (tertiary/aromatic N) is 3. The van der Waals surface area contributed by atoms with Gasteiger partial charge in [-0.05, 0) is 24.5 Å². The molecule has 0 aliphatic heterocycles. The van der Waals surface area contributed by atoms with E-state index in [4.69, 9.17) is 5.11 Å². The molecule has 1 aromatic heterocycles. The van der Waals surface area contributed by atoms with E-state index in [0.29, 0.717) is 4.68 Å². The van der Waals surface area contributed by atoms with Crippen molar-refractivity contribution in [2.45, 2.75) is 17.7 Å². The summed E-state index contributed by atoms with van der Waals surface area (Å²) < 4.78 is 39.6. The summed E-state index contributed by atoms with van der Waals surface area (Å²) >= 11 is 1.41. The highest BCUT2D eigenvalue weighted by molar-refractivity contribution is 7.98. The van der Waals surface area contributed by atoms with Crippen molar-refractivity contribution < 1.29 is 18.3 Å². The molecule has 102 valence electrons. The van der Waals surface area contributed by atoms with E-state index >= 15 is 0 Å². The third-order valence-electron chi connectivity index (χ3n) is 2.46. The number of hydrogen-bond acceptors (Lipinski definition) is 4. The fourth-order valence-electron chi connectivity index (χ4n) is 1.63. The van der Waals surface area contributed by atoms with Gasteiger partial charge < -0.3 is 5.11 Å². The van der Waals surface area contributed by atoms with Gasteiger partial charge in [0.1, 0.15) is 5.69 Å². The van der Waals surface area contributed by atoms with Crippen molar-refractivity contribution in [2.24, 2.45) is 0 Å². The van der Waals surface area contributed by atoms with E-state index < -0.39 is 24.2 Å². The molecule has 19 heavy (non-hydrogen) atoms. The Morgan fingerprint density at radius 2 is 2.11 bits per heavy atom. The Bertz CT molecular complexity index is 583. The van der Waals surface area contributed by atoms with E-state index in [9.17, 15) is 13.2 Å². The fourth-order valence-corrected chi connectivity index (χ4v) is 2.08. The van der Waals surface area contributed by atoms with E-state index in [0.717, 1.165) is 4.90 Å². The molecule has 1 N–H and O–H groups in total. The third kappa shape index (κ3) is 2.74. The summed E-state index contributed by atoms with van der Waals surface area (Å²) in [5.74, 6) is 0. The van der Waals surface area contributed by atoms with Crippen LogP contribution < -0.4 is 0 Å². The van der Waals surface area contributed by atoms with E-state index in [1.165, 1.54) is 17.8 Å². The number of halogens is 3. The zero-order chi connectivity index (χ0) is 14.0. The van der Waals surface area contributed by atoms with Crippen molar-refractivity contribution in [1.82, 2.24) is 15.0 Å². The number of alkyl halides is 3. The smallest absolute Gasteiger partial charge is 0.390 e. The number of thioether (sulfide) groups is 1. The summed E-state index contributed by atoms with van der Waals surface area (Å²) in [5.41, 5.74) is -1.28. The van der Waals surface area contributed by atoms with Crippen LogP contribution in [0.4, 0.5) is 13.2 Å². The zero-order valence-electron chi connectivity index (χ0n) is 9.85. The van der Waals surface area contributed by atoms with Gasteiger partial charge in [-0.2, -0.15) is 13.2 Å². The minimum Gasteiger partial charge on any atom is -0.390 e. The van der Waals surface area contributed by atoms with Gasteiger partial charge in [-0.3, -0.25) is 0 Å². The van der Waals surface area contributed by atoms with Crippen LogP contribution in [0.1, 0.15) is 11.4 Å². The molecule has 0 radical (unpaired) electrons. The summed E-state index contributed by atoms with van der Waals surface area (Å²) in [4.78, 5) is 0.812. The lowest BCUT2D eigenvalue weighted by Crippen LogP contribution is -2.15. The highest BCUT2D eigenvalue weighted by atomic mass is 32.2. The molecule has 2 rings (SSSR count). The van der Waals surface area contributed by atoms with Gasteiger partial charge >= 0.3 is 6.18 Å². The van der Waals surface area contributed by atoms with Crippen LogP contribution in [0, 0.1) is 0 Å². The lowest BCUT2D eigenvalue weighted by atomic mass is 10.2. The van der Waals surface area contributed by atoms with Crippen LogP contribution in [0.2, 0.25) is 0 Å². The van der Waals surface area contributed by atoms with Crippen molar-refractivity contribution in [3.63, 3.8) is 0 Å². The van der Waals surface area contributed by atoms with Gasteiger partial charge in [0.2, 0.25) is 0 Å². The normalized spacial score (nSPS) is 11.8. The standard InChI is InChI=1S/C11H10F3N3OS/c1-19-8-4-2-3-7(5-8)17-10(11(12,13)14)9(6-18)15-16-17/h2-5,18H,6H2,1H3. The lowest BCUT2D eigenvalue weighted by molar-refractivity contribution is -0.143. The van der Waals surface area contributed by atoms with E-state index in [-0.39, 0.29) is 5.69 Å². The van der Waals surface area contributed by atoms with Crippen LogP contribution in [-0.2, 0) is 12.8 Å². The van der Waals surface area contributed by atoms with Crippen LogP contribution in [0.3, 0.4) is 0 Å². The molecule has 0 saturated carbocycles. The molecule has 4 nitrogen and oxygen atoms in total. The van der Waals surface area contributed by atoms with Crippen LogP contribution in [-0.4, -0.2) is 26.4 Å². The van der Waals surface area contributed by atoms with Crippen molar-refractivity contribution in [1.29, 1.82) is 0 Å². The summed E-state index contributed by atoms with van der Waals surface area (Å²) in [6.45, 7) is -0.808. The SMILES string of the molecule is CSc1cccc(-n2nnc(CO)c2C(F)(F)F)c1. The zero-order valence-corrected chi connectivity index (χ0v) is 10.7. The molecule has 0 spiro atoms. The first-order chi connectivity index (χ1) is 8.97. The largest absolute Gasteiger partial charge is 0.435 e. The molecule has 1 heterocycles. The number of rotatable bonds is 3. The molecular formula is C11H10F3N3OS. The van der Waals surface area contributed by atoms with Crippen molar-refractivity contribution in [3.05, 3.63) is 35.7 Å². The minimum atomic E-state index is -4.63. The molecule has 8 heteroatoms. The molecule has 0 saturated heterocycles. The molecule has 0 aliphatic carbocycles. The first-order valence-corrected chi connectivity index (χ1v) is 6.47. The fraction of sp³-hybridized carbons (Fsp3) is 0.273. The average molecular weight is 289 g/mol. The maximum absolute atomic E-state index is 13.0. The van der Waals surface area contributed by atoms with E-state index in [2.05, 4.69) is 10.3 Å². The molecule has 0 unspecified atom stereocenters. The predicted octanol–water partition coefficient (Wildman–Crippen LogP) is 2.50. The number of benzene rings is 1. The van der Waals surface area contributed by atoms with Gasteiger partial charge in [0.05, 0.1) is 12.3 Å². The topological polar surface area (TPSA) is 50.9 Å². The van der Waals surface area contributed by atoms with E-state index in [1.54, 1.807) is 18.2 Å². The Labute approximate surface area is 111 Å². The van der Waals surface area contributed by atoms with Gasteiger partial charge in [0.15, 0.2) is 5.69 Å². The number of aliphatic hydroxyl groups is 1. The van der Waals surface area contributed by atoms with Gasteiger partial charge in [-0.1, -0.05) is 11.3 Å². The van der Waals surface area contributed by atoms with Crippen molar-refractivity contribution >= 4 is 11.8 Å². The molecule has 0 bridgehead atoms. The van der Waals surface area contributed by atoms with Gasteiger partial charge in [0.25, 0.3) is 0 Å². The second-order valence-electron chi connectivity index (χ2n) is 3.65. The summed E-state index contributed by atoms with van der Waals surface area (Å²) in [7, 11) is 0. The molecule has 0 atom stereocenters. The number of hydrogen-bond donors (Lipinski definition) is 1. The highest BCUT2D eigenvalue weighted by Crippen LogP contribution is 2.33. The summed E-state index contributed by atoms with van der Waals surface area (Å²) in [6, 6.07) is 6.51. The minimum absolute atomic E-state index is 0.256. The molecular weight excluding hydrogens is 279 g/mol. The quantitative estimate of drug-likeness (QED) is 0.882. The first-order valence-electron chi connectivity index (χ1n) is 5.24. The van der Waals surface area contributed by atoms with Crippen LogP contribution in [0.5, 0.6) is 0 Å². The van der Waals surface area contributed by atoms with Gasteiger partial charge in [-0.15, -0.1) is 16.9 Å². The third-order valence-corrected chi connectivity index (χ3v) is 3.18. The number of aromatic nitrogens is 3. The molecule has 0 amide bonds. The van der Waals surface area contributed by atoms with Crippen molar-refractivity contribution in [2.75, 3.05) is 6.26 Å². The Morgan fingerprint density at radius 1 is 1.37 bits per heavy atom. The Balaban J connectivity index is 2.59. The summed E-state index contributed by atoms with van der Waals surface area (Å²) in [5, 5.41) is 15.8. The van der Waals surface area contributed by atoms with Crippen LogP contribution in [0.15, 0.2) is 29.2 Å². The lowest BCUT2D eigenvalue weighted by Gasteiger charge is -2.11. The Hall–Kier alpha value is -1.54. The highest BCUT2D eigenvalue weighted by Gasteiger charge is 2.39. The Morgan fingerprint density at radius 3 is 2.68 bits per heavy atom. The van der Waals surface area contributed by atoms with Gasteiger partial charge in [0, 0.05) is 4.90 Å². The maximum Gasteiger partial charge on any atom is 0.435 e. The molecule has 1 aromatic carbocycles. The van der Waals surface area contributed by atoms with Crippen molar-refractivity contribution in [3.8, 4) is 5.69 Å². The molecule has 0 fully saturated rings. The second kappa shape index (κ2) is 5.22. The Kier molecular flexibility index (Phi) is 3.81. The second-order valence-corrected chi connectivity index (χ2v) is 4.53. The van der Waals surface area contributed by atoms with Crippen LogP contribution in [0.25, 0.3) is 5.69 Å². The predicted molar refractivity (Wildman–Crippen MR) is 64.1 cm³/mol. The number of aliphatic hydroxyl groups excluding tert-OH is 1. The average Bonchev–Trinajstić information content (AvgIpc) is 2.82. The van der Waals surface area contributed by atoms with Gasteiger partial charge in [-0.25, -0.2) is 4.68 Å². The monoisotopic (exact) mass is 289 g/mol. The maximum atomic E-state index is 13.0. The van der Waals surface area contributed by atoms with E-state index in [1.807, 2.05) is 6.26 Å². The summed E-state index contributed by atoms with van der Waals surface area (Å²) in [6.07, 6.45) is -2.80. The van der Waals surface area contributed by atoms with Crippen LogP contribution >= 0.6 is 11.8 Å². The molecule has 0 aliphatic rings. The first kappa shape index (κ1) is 13.9. The molecule has 2 aromatic rings.